The quantitative estimate of drug-likeness (QED) is 0.903. The van der Waals surface area contributed by atoms with Crippen molar-refractivity contribution in [3.8, 4) is 0 Å². The van der Waals surface area contributed by atoms with Gasteiger partial charge in [0.2, 0.25) is 5.95 Å². The van der Waals surface area contributed by atoms with E-state index in [0.29, 0.717) is 24.9 Å². The lowest BCUT2D eigenvalue weighted by molar-refractivity contribution is 0.118. The minimum absolute atomic E-state index is 0.0570. The van der Waals surface area contributed by atoms with Crippen molar-refractivity contribution in [3.63, 3.8) is 0 Å². The summed E-state index contributed by atoms with van der Waals surface area (Å²) >= 11 is 0. The van der Waals surface area contributed by atoms with Gasteiger partial charge in [-0.25, -0.2) is 19.9 Å². The van der Waals surface area contributed by atoms with E-state index in [1.807, 2.05) is 26.8 Å². The van der Waals surface area contributed by atoms with E-state index in [0.717, 1.165) is 17.8 Å². The van der Waals surface area contributed by atoms with Crippen molar-refractivity contribution in [3.05, 3.63) is 33.8 Å². The smallest absolute Gasteiger partial charge is 0.343 e. The molecular formula is C15H22N6O2. The van der Waals surface area contributed by atoms with Crippen LogP contribution >= 0.6 is 0 Å². The number of methoxy groups -OCH3 is 1. The molecule has 0 saturated carbocycles. The van der Waals surface area contributed by atoms with Gasteiger partial charge in [0.05, 0.1) is 12.1 Å². The van der Waals surface area contributed by atoms with Crippen LogP contribution in [0.25, 0.3) is 0 Å². The van der Waals surface area contributed by atoms with Crippen molar-refractivity contribution in [1.82, 2.24) is 24.7 Å². The van der Waals surface area contributed by atoms with Crippen LogP contribution in [0.2, 0.25) is 0 Å². The molecule has 1 aliphatic heterocycles. The molecule has 0 aromatic carbocycles. The van der Waals surface area contributed by atoms with Crippen LogP contribution in [-0.4, -0.2) is 44.5 Å². The summed E-state index contributed by atoms with van der Waals surface area (Å²) in [5.74, 6) is 1.37. The topological polar surface area (TPSA) is 88.9 Å². The lowest BCUT2D eigenvalue weighted by atomic mass is 10.2. The summed E-state index contributed by atoms with van der Waals surface area (Å²) < 4.78 is 7.18. The number of hydrogen-bond donors (Lipinski definition) is 1. The van der Waals surface area contributed by atoms with Crippen LogP contribution in [0.1, 0.15) is 36.6 Å². The number of aromatic nitrogens is 5. The predicted octanol–water partition coefficient (Wildman–Crippen LogP) is 0.965. The third-order valence-corrected chi connectivity index (χ3v) is 4.23. The fourth-order valence-corrected chi connectivity index (χ4v) is 3.16. The van der Waals surface area contributed by atoms with E-state index in [1.54, 1.807) is 11.7 Å². The third kappa shape index (κ3) is 2.86. The summed E-state index contributed by atoms with van der Waals surface area (Å²) in [5, 5.41) is 6.77. The summed E-state index contributed by atoms with van der Waals surface area (Å²) in [6.07, 6.45) is 0.804. The Bertz CT molecular complexity index is 732. The summed E-state index contributed by atoms with van der Waals surface area (Å²) in [6.45, 7) is 7.08. The van der Waals surface area contributed by atoms with Crippen molar-refractivity contribution in [1.29, 1.82) is 0 Å². The Morgan fingerprint density at radius 1 is 1.35 bits per heavy atom. The SMILES string of the molecule is CCn1c([C@@H]2C[C@H](OC)CN2c2nc(C)cc(C)n2)n[nH]c1=O. The first-order valence-electron chi connectivity index (χ1n) is 7.80. The lowest BCUT2D eigenvalue weighted by Crippen LogP contribution is -2.30. The van der Waals surface area contributed by atoms with Gasteiger partial charge in [-0.2, -0.15) is 5.10 Å². The highest BCUT2D eigenvalue weighted by molar-refractivity contribution is 5.38. The summed E-state index contributed by atoms with van der Waals surface area (Å²) in [5.41, 5.74) is 1.65. The molecule has 0 aliphatic carbocycles. The molecule has 0 spiro atoms. The van der Waals surface area contributed by atoms with Crippen molar-refractivity contribution in [2.45, 2.75) is 45.9 Å². The molecule has 124 valence electrons. The van der Waals surface area contributed by atoms with E-state index in [9.17, 15) is 4.79 Å². The Kier molecular flexibility index (Phi) is 4.16. The first kappa shape index (κ1) is 15.7. The fourth-order valence-electron chi connectivity index (χ4n) is 3.16. The zero-order valence-electron chi connectivity index (χ0n) is 13.9. The predicted molar refractivity (Wildman–Crippen MR) is 85.5 cm³/mol. The van der Waals surface area contributed by atoms with Crippen molar-refractivity contribution in [2.24, 2.45) is 0 Å². The van der Waals surface area contributed by atoms with Gasteiger partial charge < -0.3 is 9.64 Å². The Morgan fingerprint density at radius 3 is 2.65 bits per heavy atom. The Balaban J connectivity index is 2.04. The summed E-state index contributed by atoms with van der Waals surface area (Å²) in [7, 11) is 1.70. The number of rotatable bonds is 4. The molecular weight excluding hydrogens is 296 g/mol. The molecule has 0 unspecified atom stereocenters. The summed E-state index contributed by atoms with van der Waals surface area (Å²) in [4.78, 5) is 23.1. The third-order valence-electron chi connectivity index (χ3n) is 4.23. The number of nitrogens with zero attached hydrogens (tertiary/aromatic N) is 5. The minimum Gasteiger partial charge on any atom is -0.380 e. The highest BCUT2D eigenvalue weighted by atomic mass is 16.5. The van der Waals surface area contributed by atoms with E-state index in [4.69, 9.17) is 4.74 Å². The average Bonchev–Trinajstić information content (AvgIpc) is 3.09. The van der Waals surface area contributed by atoms with Gasteiger partial charge in [0.25, 0.3) is 0 Å². The van der Waals surface area contributed by atoms with Gasteiger partial charge >= 0.3 is 5.69 Å². The number of aromatic amines is 1. The van der Waals surface area contributed by atoms with Gasteiger partial charge in [-0.1, -0.05) is 0 Å². The Morgan fingerprint density at radius 2 is 2.04 bits per heavy atom. The van der Waals surface area contributed by atoms with Gasteiger partial charge in [0.15, 0.2) is 5.82 Å². The van der Waals surface area contributed by atoms with E-state index in [2.05, 4.69) is 25.1 Å². The first-order chi connectivity index (χ1) is 11.0. The van der Waals surface area contributed by atoms with Gasteiger partial charge in [-0.05, 0) is 26.8 Å². The molecule has 3 rings (SSSR count). The minimum atomic E-state index is -0.190. The van der Waals surface area contributed by atoms with E-state index < -0.39 is 0 Å². The Hall–Kier alpha value is -2.22. The average molecular weight is 318 g/mol. The molecule has 1 N–H and O–H groups in total. The summed E-state index contributed by atoms with van der Waals surface area (Å²) in [6, 6.07) is 1.86. The molecule has 1 aliphatic rings. The zero-order valence-corrected chi connectivity index (χ0v) is 13.9. The molecule has 23 heavy (non-hydrogen) atoms. The number of hydrogen-bond acceptors (Lipinski definition) is 6. The number of aryl methyl sites for hydroxylation is 2. The highest BCUT2D eigenvalue weighted by Gasteiger charge is 2.38. The molecule has 1 fully saturated rings. The molecule has 3 heterocycles. The van der Waals surface area contributed by atoms with Gasteiger partial charge in [-0.3, -0.25) is 4.57 Å². The van der Waals surface area contributed by atoms with Gasteiger partial charge in [0.1, 0.15) is 0 Å². The number of anilines is 1. The maximum Gasteiger partial charge on any atom is 0.343 e. The standard InChI is InChI=1S/C15H22N6O2/c1-5-20-13(18-19-15(20)22)12-7-11(23-4)8-21(12)14-16-9(2)6-10(3)17-14/h6,11-12H,5,7-8H2,1-4H3,(H,19,22)/t11-,12-/m0/s1. The van der Waals surface area contributed by atoms with E-state index in [1.165, 1.54) is 0 Å². The second-order valence-corrected chi connectivity index (χ2v) is 5.84. The van der Waals surface area contributed by atoms with Gasteiger partial charge in [0, 0.05) is 38.0 Å². The number of ether oxygens (including phenoxy) is 1. The zero-order chi connectivity index (χ0) is 16.6. The molecule has 2 atom stereocenters. The molecule has 0 radical (unpaired) electrons. The van der Waals surface area contributed by atoms with Crippen LogP contribution in [0.15, 0.2) is 10.9 Å². The maximum absolute atomic E-state index is 11.9. The Labute approximate surface area is 134 Å². The second kappa shape index (κ2) is 6.11. The van der Waals surface area contributed by atoms with Crippen LogP contribution < -0.4 is 10.6 Å². The number of H-pyrrole nitrogens is 1. The van der Waals surface area contributed by atoms with Crippen LogP contribution in [-0.2, 0) is 11.3 Å². The molecule has 2 aromatic heterocycles. The first-order valence-corrected chi connectivity index (χ1v) is 7.80. The molecule has 0 amide bonds. The van der Waals surface area contributed by atoms with Crippen molar-refractivity contribution >= 4 is 5.95 Å². The fraction of sp³-hybridized carbons (Fsp3) is 0.600. The molecule has 1 saturated heterocycles. The molecule has 2 aromatic rings. The van der Waals surface area contributed by atoms with Crippen LogP contribution in [0.3, 0.4) is 0 Å². The highest BCUT2D eigenvalue weighted by Crippen LogP contribution is 2.34. The van der Waals surface area contributed by atoms with Crippen LogP contribution in [0, 0.1) is 13.8 Å². The van der Waals surface area contributed by atoms with Crippen LogP contribution in [0.4, 0.5) is 5.95 Å². The maximum atomic E-state index is 11.9. The number of nitrogens with one attached hydrogen (secondary N) is 1. The van der Waals surface area contributed by atoms with Gasteiger partial charge in [-0.15, -0.1) is 0 Å². The lowest BCUT2D eigenvalue weighted by Gasteiger charge is -2.24. The van der Waals surface area contributed by atoms with Crippen molar-refractivity contribution in [2.75, 3.05) is 18.6 Å². The largest absolute Gasteiger partial charge is 0.380 e. The molecule has 0 bridgehead atoms. The second-order valence-electron chi connectivity index (χ2n) is 5.84. The van der Waals surface area contributed by atoms with Crippen molar-refractivity contribution < 1.29 is 4.74 Å². The molecule has 8 heteroatoms. The molecule has 8 nitrogen and oxygen atoms in total. The monoisotopic (exact) mass is 318 g/mol. The van der Waals surface area contributed by atoms with E-state index in [-0.39, 0.29) is 17.8 Å². The van der Waals surface area contributed by atoms with Crippen LogP contribution in [0.5, 0.6) is 0 Å². The van der Waals surface area contributed by atoms with E-state index >= 15 is 0 Å². The normalized spacial score (nSPS) is 21.1.